The summed E-state index contributed by atoms with van der Waals surface area (Å²) in [6, 6.07) is 0. The SMILES string of the molecule is CC/C=C\C/C=C\C/C=C\C/C=C\C/C=C\CC(=O)OC(COC(=O)CCCCCCC/C=C\CCCC)COC(=O)CCCCCCCCCCCCCCCCCCCCCCCCC. The molecule has 6 heteroatoms. The third-order valence-corrected chi connectivity index (χ3v) is 12.2. The summed E-state index contributed by atoms with van der Waals surface area (Å²) >= 11 is 0. The molecule has 67 heavy (non-hydrogen) atoms. The van der Waals surface area contributed by atoms with Crippen LogP contribution in [0.4, 0.5) is 0 Å². The molecule has 0 aromatic heterocycles. The average Bonchev–Trinajstić information content (AvgIpc) is 3.33. The highest BCUT2D eigenvalue weighted by molar-refractivity contribution is 5.72. The van der Waals surface area contributed by atoms with Crippen molar-refractivity contribution < 1.29 is 28.6 Å². The Bertz CT molecular complexity index is 1260. The van der Waals surface area contributed by atoms with E-state index in [1.165, 1.54) is 154 Å². The number of hydrogen-bond acceptors (Lipinski definition) is 6. The Balaban J connectivity index is 4.33. The molecular formula is C61H106O6. The number of carbonyl (C=O) groups excluding carboxylic acids is 3. The van der Waals surface area contributed by atoms with E-state index in [0.29, 0.717) is 12.8 Å². The maximum atomic E-state index is 12.8. The lowest BCUT2D eigenvalue weighted by atomic mass is 10.0. The van der Waals surface area contributed by atoms with Gasteiger partial charge in [-0.15, -0.1) is 0 Å². The molecule has 1 atom stereocenters. The van der Waals surface area contributed by atoms with Crippen LogP contribution in [-0.4, -0.2) is 37.2 Å². The molecule has 0 amide bonds. The normalized spacial score (nSPS) is 12.6. The zero-order chi connectivity index (χ0) is 48.6. The van der Waals surface area contributed by atoms with Gasteiger partial charge in [0, 0.05) is 12.8 Å². The molecule has 386 valence electrons. The molecule has 0 heterocycles. The number of ether oxygens (including phenoxy) is 3. The van der Waals surface area contributed by atoms with Gasteiger partial charge in [0.1, 0.15) is 13.2 Å². The second-order valence-electron chi connectivity index (χ2n) is 18.8. The quantitative estimate of drug-likeness (QED) is 0.0262. The number of esters is 3. The van der Waals surface area contributed by atoms with Crippen molar-refractivity contribution in [3.8, 4) is 0 Å². The van der Waals surface area contributed by atoms with Gasteiger partial charge in [0.25, 0.3) is 0 Å². The first kappa shape index (κ1) is 63.8. The van der Waals surface area contributed by atoms with E-state index in [4.69, 9.17) is 14.2 Å². The Hall–Kier alpha value is -3.15. The van der Waals surface area contributed by atoms with E-state index >= 15 is 0 Å². The van der Waals surface area contributed by atoms with Crippen molar-refractivity contribution in [2.45, 2.75) is 284 Å². The van der Waals surface area contributed by atoms with Crippen molar-refractivity contribution in [2.24, 2.45) is 0 Å². The minimum absolute atomic E-state index is 0.0972. The molecular weight excluding hydrogens is 829 g/mol. The number of hydrogen-bond donors (Lipinski definition) is 0. The van der Waals surface area contributed by atoms with Gasteiger partial charge in [0.2, 0.25) is 0 Å². The zero-order valence-electron chi connectivity index (χ0n) is 44.2. The predicted molar refractivity (Wildman–Crippen MR) is 288 cm³/mol. The van der Waals surface area contributed by atoms with E-state index in [0.717, 1.165) is 83.5 Å². The van der Waals surface area contributed by atoms with Crippen LogP contribution in [0.15, 0.2) is 72.9 Å². The topological polar surface area (TPSA) is 78.9 Å². The van der Waals surface area contributed by atoms with Crippen LogP contribution in [0.3, 0.4) is 0 Å². The predicted octanol–water partition coefficient (Wildman–Crippen LogP) is 19.0. The molecule has 0 aliphatic carbocycles. The first-order valence-corrected chi connectivity index (χ1v) is 28.4. The standard InChI is InChI=1S/C61H106O6/c1-4-7-10-13-16-19-22-24-26-27-28-29-30-31-32-33-35-36-39-42-45-48-51-54-60(63)66-57-58(56-65-59(62)53-50-47-44-41-38-21-18-15-12-9-6-3)67-61(64)55-52-49-46-43-40-37-34-25-23-20-17-14-11-8-5-2/h8,11,15,17-18,20,25,34,40,43,49,52,58H,4-7,9-10,12-14,16,19,21-24,26-33,35-39,41-42,44-48,50-51,53-57H2,1-3H3/b11-8-,18-15-,20-17-,34-25-,43-40-,52-49-. The van der Waals surface area contributed by atoms with E-state index in [2.05, 4.69) is 81.5 Å². The zero-order valence-corrected chi connectivity index (χ0v) is 44.2. The van der Waals surface area contributed by atoms with Crippen LogP contribution in [0, 0.1) is 0 Å². The molecule has 0 aliphatic heterocycles. The van der Waals surface area contributed by atoms with Crippen LogP contribution in [0.1, 0.15) is 278 Å². The van der Waals surface area contributed by atoms with Crippen LogP contribution in [-0.2, 0) is 28.6 Å². The molecule has 6 nitrogen and oxygen atoms in total. The Labute approximate surface area is 414 Å². The maximum Gasteiger partial charge on any atom is 0.310 e. The molecule has 0 aliphatic rings. The molecule has 0 aromatic rings. The minimum Gasteiger partial charge on any atom is -0.462 e. The lowest BCUT2D eigenvalue weighted by molar-refractivity contribution is -0.166. The highest BCUT2D eigenvalue weighted by Crippen LogP contribution is 2.16. The summed E-state index contributed by atoms with van der Waals surface area (Å²) in [5, 5.41) is 0. The Morgan fingerprint density at radius 1 is 0.328 bits per heavy atom. The molecule has 0 saturated carbocycles. The smallest absolute Gasteiger partial charge is 0.310 e. The van der Waals surface area contributed by atoms with E-state index in [1.807, 2.05) is 6.08 Å². The van der Waals surface area contributed by atoms with Crippen LogP contribution < -0.4 is 0 Å². The molecule has 0 fully saturated rings. The van der Waals surface area contributed by atoms with Crippen LogP contribution in [0.25, 0.3) is 0 Å². The van der Waals surface area contributed by atoms with E-state index < -0.39 is 12.1 Å². The fourth-order valence-corrected chi connectivity index (χ4v) is 7.97. The number of rotatable bonds is 51. The van der Waals surface area contributed by atoms with Gasteiger partial charge in [0.05, 0.1) is 6.42 Å². The second-order valence-corrected chi connectivity index (χ2v) is 18.8. The van der Waals surface area contributed by atoms with Gasteiger partial charge in [-0.05, 0) is 64.2 Å². The first-order valence-electron chi connectivity index (χ1n) is 28.4. The molecule has 1 unspecified atom stereocenters. The van der Waals surface area contributed by atoms with E-state index in [-0.39, 0.29) is 31.6 Å². The minimum atomic E-state index is -0.831. The van der Waals surface area contributed by atoms with Gasteiger partial charge in [-0.25, -0.2) is 0 Å². The third-order valence-electron chi connectivity index (χ3n) is 12.2. The maximum absolute atomic E-state index is 12.8. The molecule has 0 aromatic carbocycles. The van der Waals surface area contributed by atoms with Gasteiger partial charge in [-0.1, -0.05) is 267 Å². The summed E-state index contributed by atoms with van der Waals surface area (Å²) in [4.78, 5) is 38.0. The van der Waals surface area contributed by atoms with E-state index in [1.54, 1.807) is 6.08 Å². The highest BCUT2D eigenvalue weighted by atomic mass is 16.6. The van der Waals surface area contributed by atoms with Gasteiger partial charge in [0.15, 0.2) is 6.10 Å². The second kappa shape index (κ2) is 55.4. The Morgan fingerprint density at radius 2 is 0.642 bits per heavy atom. The van der Waals surface area contributed by atoms with Crippen LogP contribution in [0.5, 0.6) is 0 Å². The van der Waals surface area contributed by atoms with Gasteiger partial charge in [-0.3, -0.25) is 14.4 Å². The number of unbranched alkanes of at least 4 members (excludes halogenated alkanes) is 29. The van der Waals surface area contributed by atoms with Crippen molar-refractivity contribution in [3.05, 3.63) is 72.9 Å². The number of carbonyl (C=O) groups is 3. The fourth-order valence-electron chi connectivity index (χ4n) is 7.97. The van der Waals surface area contributed by atoms with Gasteiger partial charge in [-0.2, -0.15) is 0 Å². The van der Waals surface area contributed by atoms with Crippen molar-refractivity contribution in [2.75, 3.05) is 13.2 Å². The van der Waals surface area contributed by atoms with Gasteiger partial charge < -0.3 is 14.2 Å². The third kappa shape index (κ3) is 53.7. The van der Waals surface area contributed by atoms with Gasteiger partial charge >= 0.3 is 17.9 Å². The fraction of sp³-hybridized carbons (Fsp3) is 0.754. The van der Waals surface area contributed by atoms with Crippen molar-refractivity contribution >= 4 is 17.9 Å². The first-order chi connectivity index (χ1) is 33.0. The highest BCUT2D eigenvalue weighted by Gasteiger charge is 2.19. The van der Waals surface area contributed by atoms with Crippen LogP contribution in [0.2, 0.25) is 0 Å². The average molecular weight is 936 g/mol. The van der Waals surface area contributed by atoms with Crippen LogP contribution >= 0.6 is 0 Å². The molecule has 0 radical (unpaired) electrons. The monoisotopic (exact) mass is 935 g/mol. The Kier molecular flexibility index (Phi) is 52.8. The molecule has 0 bridgehead atoms. The lowest BCUT2D eigenvalue weighted by Crippen LogP contribution is -2.30. The van der Waals surface area contributed by atoms with E-state index in [9.17, 15) is 14.4 Å². The summed E-state index contributed by atoms with van der Waals surface area (Å²) in [6.07, 6.45) is 70.8. The molecule has 0 saturated heterocycles. The Morgan fingerprint density at radius 3 is 1.01 bits per heavy atom. The molecule has 0 spiro atoms. The van der Waals surface area contributed by atoms with Crippen molar-refractivity contribution in [3.63, 3.8) is 0 Å². The molecule has 0 rings (SSSR count). The summed E-state index contributed by atoms with van der Waals surface area (Å²) < 4.78 is 16.7. The largest absolute Gasteiger partial charge is 0.462 e. The lowest BCUT2D eigenvalue weighted by Gasteiger charge is -2.18. The van der Waals surface area contributed by atoms with Crippen molar-refractivity contribution in [1.82, 2.24) is 0 Å². The number of allylic oxidation sites excluding steroid dienone is 11. The van der Waals surface area contributed by atoms with Crippen molar-refractivity contribution in [1.29, 1.82) is 0 Å². The summed E-state index contributed by atoms with van der Waals surface area (Å²) in [7, 11) is 0. The molecule has 0 N–H and O–H groups in total. The summed E-state index contributed by atoms with van der Waals surface area (Å²) in [6.45, 7) is 6.42. The summed E-state index contributed by atoms with van der Waals surface area (Å²) in [5.41, 5.74) is 0. The summed E-state index contributed by atoms with van der Waals surface area (Å²) in [5.74, 6) is -1.05.